The number of nitrogens with zero attached hydrogens (tertiary/aromatic N) is 3. The van der Waals surface area contributed by atoms with E-state index in [9.17, 15) is 0 Å². The third kappa shape index (κ3) is 2.08. The molecule has 0 N–H and O–H groups in total. The Hall–Kier alpha value is -1.62. The lowest BCUT2D eigenvalue weighted by Crippen LogP contribution is -1.98. The molecule has 2 aromatic heterocycles. The number of aromatic nitrogens is 3. The third-order valence-electron chi connectivity index (χ3n) is 3.47. The van der Waals surface area contributed by atoms with E-state index >= 15 is 0 Å². The number of hydrogen-bond donors (Lipinski definition) is 0. The highest BCUT2D eigenvalue weighted by molar-refractivity contribution is 9.10. The van der Waals surface area contributed by atoms with E-state index in [0.29, 0.717) is 18.4 Å². The van der Waals surface area contributed by atoms with Crippen LogP contribution in [0.15, 0.2) is 39.5 Å². The molecule has 0 bridgehead atoms. The average Bonchev–Trinajstić information content (AvgIpc) is 3.04. The van der Waals surface area contributed by atoms with Gasteiger partial charge in [0.1, 0.15) is 6.54 Å². The van der Waals surface area contributed by atoms with E-state index < -0.39 is 0 Å². The minimum Gasteiger partial charge on any atom is -0.338 e. The maximum absolute atomic E-state index is 5.32. The fourth-order valence-electron chi connectivity index (χ4n) is 2.28. The molecular weight excluding hydrogens is 306 g/mol. The van der Waals surface area contributed by atoms with Crippen LogP contribution in [0.4, 0.5) is 0 Å². The van der Waals surface area contributed by atoms with Crippen LogP contribution in [0.3, 0.4) is 0 Å². The quantitative estimate of drug-likeness (QED) is 0.739. The molecule has 1 aromatic carbocycles. The number of benzene rings is 1. The number of hydrogen-bond acceptors (Lipinski definition) is 3. The number of rotatable bonds is 3. The molecule has 4 rings (SSSR count). The molecule has 3 aromatic rings. The van der Waals surface area contributed by atoms with Crippen molar-refractivity contribution in [3.8, 4) is 0 Å². The first-order valence-electron chi connectivity index (χ1n) is 6.36. The zero-order chi connectivity index (χ0) is 12.8. The monoisotopic (exact) mass is 317 g/mol. The Kier molecular flexibility index (Phi) is 2.48. The van der Waals surface area contributed by atoms with Gasteiger partial charge >= 0.3 is 0 Å². The highest BCUT2D eigenvalue weighted by Crippen LogP contribution is 2.38. The SMILES string of the molecule is Brc1ccc2ccn(Cc3nc(C4CC4)no3)c2c1. The summed E-state index contributed by atoms with van der Waals surface area (Å²) in [5.74, 6) is 2.08. The van der Waals surface area contributed by atoms with Gasteiger partial charge < -0.3 is 9.09 Å². The summed E-state index contributed by atoms with van der Waals surface area (Å²) in [6.45, 7) is 0.625. The van der Waals surface area contributed by atoms with Crippen molar-refractivity contribution in [3.63, 3.8) is 0 Å². The van der Waals surface area contributed by atoms with E-state index in [1.807, 2.05) is 6.07 Å². The highest BCUT2D eigenvalue weighted by Gasteiger charge is 2.28. The number of halogens is 1. The molecule has 1 aliphatic carbocycles. The fraction of sp³-hybridized carbons (Fsp3) is 0.286. The molecule has 5 heteroatoms. The standard InChI is InChI=1S/C14H12BrN3O/c15-11-4-3-9-5-6-18(12(9)7-11)8-13-16-14(17-19-13)10-1-2-10/h3-7,10H,1-2,8H2. The minimum absolute atomic E-state index is 0.535. The van der Waals surface area contributed by atoms with Gasteiger partial charge in [0.2, 0.25) is 5.89 Å². The van der Waals surface area contributed by atoms with Gasteiger partial charge in [-0.1, -0.05) is 27.2 Å². The Morgan fingerprint density at radius 1 is 1.32 bits per heavy atom. The zero-order valence-electron chi connectivity index (χ0n) is 10.2. The summed E-state index contributed by atoms with van der Waals surface area (Å²) in [6.07, 6.45) is 4.44. The van der Waals surface area contributed by atoms with Crippen molar-refractivity contribution >= 4 is 26.8 Å². The molecule has 1 fully saturated rings. The highest BCUT2D eigenvalue weighted by atomic mass is 79.9. The van der Waals surface area contributed by atoms with Crippen molar-refractivity contribution in [1.82, 2.24) is 14.7 Å². The van der Waals surface area contributed by atoms with E-state index in [1.54, 1.807) is 0 Å². The zero-order valence-corrected chi connectivity index (χ0v) is 11.8. The second-order valence-corrected chi connectivity index (χ2v) is 5.88. The smallest absolute Gasteiger partial charge is 0.246 e. The maximum Gasteiger partial charge on any atom is 0.246 e. The van der Waals surface area contributed by atoms with Crippen LogP contribution in [0, 0.1) is 0 Å². The van der Waals surface area contributed by atoms with Crippen LogP contribution in [-0.4, -0.2) is 14.7 Å². The van der Waals surface area contributed by atoms with Gasteiger partial charge in [-0.05, 0) is 36.4 Å². The van der Waals surface area contributed by atoms with Gasteiger partial charge in [-0.25, -0.2) is 0 Å². The molecule has 0 radical (unpaired) electrons. The predicted octanol–water partition coefficient (Wildman–Crippen LogP) is 3.71. The first-order valence-corrected chi connectivity index (χ1v) is 7.16. The van der Waals surface area contributed by atoms with Crippen LogP contribution < -0.4 is 0 Å². The molecule has 4 nitrogen and oxygen atoms in total. The topological polar surface area (TPSA) is 43.9 Å². The van der Waals surface area contributed by atoms with Gasteiger partial charge in [0.25, 0.3) is 0 Å². The molecule has 2 heterocycles. The van der Waals surface area contributed by atoms with E-state index in [4.69, 9.17) is 4.52 Å². The van der Waals surface area contributed by atoms with Crippen LogP contribution in [0.25, 0.3) is 10.9 Å². The van der Waals surface area contributed by atoms with Crippen molar-refractivity contribution in [2.75, 3.05) is 0 Å². The van der Waals surface area contributed by atoms with Crippen LogP contribution in [0.2, 0.25) is 0 Å². The first-order chi connectivity index (χ1) is 9.29. The molecule has 0 spiro atoms. The molecule has 0 aliphatic heterocycles. The summed E-state index contributed by atoms with van der Waals surface area (Å²) >= 11 is 3.50. The Labute approximate surface area is 118 Å². The van der Waals surface area contributed by atoms with Gasteiger partial charge in [-0.15, -0.1) is 0 Å². The molecule has 0 saturated heterocycles. The van der Waals surface area contributed by atoms with E-state index in [2.05, 4.69) is 55.0 Å². The maximum atomic E-state index is 5.32. The second-order valence-electron chi connectivity index (χ2n) is 4.97. The first kappa shape index (κ1) is 11.2. The molecule has 0 atom stereocenters. The van der Waals surface area contributed by atoms with Crippen LogP contribution in [0.1, 0.15) is 30.5 Å². The predicted molar refractivity (Wildman–Crippen MR) is 75.0 cm³/mol. The summed E-state index contributed by atoms with van der Waals surface area (Å²) in [4.78, 5) is 4.47. The summed E-state index contributed by atoms with van der Waals surface area (Å²) in [6, 6.07) is 8.34. The van der Waals surface area contributed by atoms with E-state index in [-0.39, 0.29) is 0 Å². The Morgan fingerprint density at radius 3 is 3.05 bits per heavy atom. The molecule has 19 heavy (non-hydrogen) atoms. The summed E-state index contributed by atoms with van der Waals surface area (Å²) in [5.41, 5.74) is 1.17. The van der Waals surface area contributed by atoms with Crippen LogP contribution in [0.5, 0.6) is 0 Å². The Bertz CT molecular complexity index is 742. The molecule has 96 valence electrons. The lowest BCUT2D eigenvalue weighted by atomic mass is 10.2. The summed E-state index contributed by atoms with van der Waals surface area (Å²) in [7, 11) is 0. The van der Waals surface area contributed by atoms with Gasteiger partial charge in [0, 0.05) is 22.1 Å². The molecule has 1 aliphatic rings. The summed E-state index contributed by atoms with van der Waals surface area (Å²) < 4.78 is 8.53. The van der Waals surface area contributed by atoms with Crippen LogP contribution >= 0.6 is 15.9 Å². The van der Waals surface area contributed by atoms with E-state index in [0.717, 1.165) is 10.3 Å². The molecular formula is C14H12BrN3O. The van der Waals surface area contributed by atoms with Gasteiger partial charge in [0.05, 0.1) is 0 Å². The van der Waals surface area contributed by atoms with Gasteiger partial charge in [-0.2, -0.15) is 4.98 Å². The Balaban J connectivity index is 1.67. The fourth-order valence-corrected chi connectivity index (χ4v) is 2.63. The lowest BCUT2D eigenvalue weighted by molar-refractivity contribution is 0.367. The minimum atomic E-state index is 0.535. The summed E-state index contributed by atoms with van der Waals surface area (Å²) in [5, 5.41) is 5.26. The lowest BCUT2D eigenvalue weighted by Gasteiger charge is -2.01. The average molecular weight is 318 g/mol. The molecule has 0 unspecified atom stereocenters. The van der Waals surface area contributed by atoms with Gasteiger partial charge in [-0.3, -0.25) is 0 Å². The number of fused-ring (bicyclic) bond motifs is 1. The van der Waals surface area contributed by atoms with Crippen molar-refractivity contribution in [1.29, 1.82) is 0 Å². The van der Waals surface area contributed by atoms with Crippen LogP contribution in [-0.2, 0) is 6.54 Å². The second kappa shape index (κ2) is 4.20. The van der Waals surface area contributed by atoms with Crippen molar-refractivity contribution < 1.29 is 4.52 Å². The Morgan fingerprint density at radius 2 is 2.21 bits per heavy atom. The van der Waals surface area contributed by atoms with Crippen molar-refractivity contribution in [3.05, 3.63) is 46.7 Å². The molecule has 1 saturated carbocycles. The van der Waals surface area contributed by atoms with E-state index in [1.165, 1.54) is 23.7 Å². The molecule has 0 amide bonds. The largest absolute Gasteiger partial charge is 0.338 e. The third-order valence-corrected chi connectivity index (χ3v) is 3.96. The van der Waals surface area contributed by atoms with Crippen molar-refractivity contribution in [2.24, 2.45) is 0 Å². The normalized spacial score (nSPS) is 15.2. The van der Waals surface area contributed by atoms with Gasteiger partial charge in [0.15, 0.2) is 5.82 Å². The van der Waals surface area contributed by atoms with Crippen molar-refractivity contribution in [2.45, 2.75) is 25.3 Å².